The second kappa shape index (κ2) is 10.0. The van der Waals surface area contributed by atoms with Crippen molar-refractivity contribution < 1.29 is 18.3 Å². The molecule has 0 aliphatic carbocycles. The Kier molecular flexibility index (Phi) is 6.97. The molecule has 2 aromatic carbocycles. The van der Waals surface area contributed by atoms with Crippen molar-refractivity contribution in [1.82, 2.24) is 14.8 Å². The van der Waals surface area contributed by atoms with E-state index in [1.54, 1.807) is 21.0 Å². The molecule has 2 aliphatic rings. The maximum atomic E-state index is 15.0. The minimum atomic E-state index is -1.34. The number of benzene rings is 2. The monoisotopic (exact) mass is 497 g/mol. The van der Waals surface area contributed by atoms with Crippen LogP contribution in [0.2, 0.25) is 0 Å². The van der Waals surface area contributed by atoms with E-state index in [-0.39, 0.29) is 24.7 Å². The molecular weight excluding hydrogens is 460 g/mol. The Balaban J connectivity index is 1.45. The topological polar surface area (TPSA) is 40.7 Å². The standard InChI is InChI=1S/C29H37F2N3O2/c1-19-13-25-22-9-10-32-26(22)8-7-23(25)28(34(19)18-29(2,3)31)24-6-5-21(14-27(24)35-4)36-12-11-33-16-20(15-30)17-33/h5-10,14,19-20,28,32H,11-13,15-18H2,1-4H3/t19-,28+/m1/s1. The number of nitrogens with zero attached hydrogens (tertiary/aromatic N) is 2. The number of nitrogens with one attached hydrogen (secondary N) is 1. The fraction of sp³-hybridized carbons (Fsp3) is 0.517. The Morgan fingerprint density at radius 1 is 1.11 bits per heavy atom. The Morgan fingerprint density at radius 3 is 2.61 bits per heavy atom. The van der Waals surface area contributed by atoms with Crippen LogP contribution in [0.25, 0.3) is 10.9 Å². The van der Waals surface area contributed by atoms with Gasteiger partial charge in [0.25, 0.3) is 0 Å². The fourth-order valence-corrected chi connectivity index (χ4v) is 5.83. The first kappa shape index (κ1) is 25.0. The molecule has 1 fully saturated rings. The van der Waals surface area contributed by atoms with Crippen molar-refractivity contribution in [1.29, 1.82) is 0 Å². The van der Waals surface area contributed by atoms with Crippen molar-refractivity contribution in [3.63, 3.8) is 0 Å². The number of ether oxygens (including phenoxy) is 2. The lowest BCUT2D eigenvalue weighted by atomic mass is 9.82. The molecule has 3 heterocycles. The Bertz CT molecular complexity index is 1200. The predicted molar refractivity (Wildman–Crippen MR) is 140 cm³/mol. The van der Waals surface area contributed by atoms with Gasteiger partial charge < -0.3 is 14.5 Å². The first-order chi connectivity index (χ1) is 17.3. The highest BCUT2D eigenvalue weighted by atomic mass is 19.1. The van der Waals surface area contributed by atoms with E-state index in [1.165, 1.54) is 16.5 Å². The van der Waals surface area contributed by atoms with Crippen molar-refractivity contribution in [2.24, 2.45) is 5.92 Å². The minimum Gasteiger partial charge on any atom is -0.496 e. The third-order valence-electron chi connectivity index (χ3n) is 7.56. The highest BCUT2D eigenvalue weighted by Crippen LogP contribution is 2.45. The molecule has 1 N–H and O–H groups in total. The summed E-state index contributed by atoms with van der Waals surface area (Å²) in [6.45, 7) is 8.46. The third kappa shape index (κ3) is 4.96. The smallest absolute Gasteiger partial charge is 0.127 e. The summed E-state index contributed by atoms with van der Waals surface area (Å²) in [4.78, 5) is 7.79. The highest BCUT2D eigenvalue weighted by Gasteiger charge is 2.38. The zero-order valence-corrected chi connectivity index (χ0v) is 21.7. The summed E-state index contributed by atoms with van der Waals surface area (Å²) < 4.78 is 39.6. The summed E-state index contributed by atoms with van der Waals surface area (Å²) in [5.41, 5.74) is 3.29. The van der Waals surface area contributed by atoms with Crippen LogP contribution in [0.4, 0.5) is 8.78 Å². The fourth-order valence-electron chi connectivity index (χ4n) is 5.83. The number of aromatic nitrogens is 1. The zero-order valence-electron chi connectivity index (χ0n) is 21.7. The molecule has 0 amide bonds. The van der Waals surface area contributed by atoms with Crippen LogP contribution >= 0.6 is 0 Å². The van der Waals surface area contributed by atoms with Crippen molar-refractivity contribution in [3.8, 4) is 11.5 Å². The van der Waals surface area contributed by atoms with Gasteiger partial charge in [0.1, 0.15) is 23.8 Å². The first-order valence-corrected chi connectivity index (χ1v) is 12.9. The Labute approximate surface area is 212 Å². The van der Waals surface area contributed by atoms with Crippen molar-refractivity contribution >= 4 is 10.9 Å². The van der Waals surface area contributed by atoms with Crippen molar-refractivity contribution in [2.75, 3.05) is 46.6 Å². The summed E-state index contributed by atoms with van der Waals surface area (Å²) in [5.74, 6) is 1.64. The summed E-state index contributed by atoms with van der Waals surface area (Å²) in [6, 6.07) is 12.4. The van der Waals surface area contributed by atoms with Gasteiger partial charge in [0.15, 0.2) is 0 Å². The lowest BCUT2D eigenvalue weighted by Crippen LogP contribution is -2.49. The average molecular weight is 498 g/mol. The van der Waals surface area contributed by atoms with Crippen LogP contribution in [-0.2, 0) is 6.42 Å². The van der Waals surface area contributed by atoms with Crippen LogP contribution in [0.1, 0.15) is 43.5 Å². The molecule has 0 radical (unpaired) electrons. The quantitative estimate of drug-likeness (QED) is 0.421. The Hall–Kier alpha value is -2.64. The number of alkyl halides is 2. The molecule has 0 bridgehead atoms. The summed E-state index contributed by atoms with van der Waals surface area (Å²) in [6.07, 6.45) is 2.84. The van der Waals surface area contributed by atoms with Gasteiger partial charge in [-0.3, -0.25) is 14.2 Å². The summed E-state index contributed by atoms with van der Waals surface area (Å²) >= 11 is 0. The Morgan fingerprint density at radius 2 is 1.89 bits per heavy atom. The van der Waals surface area contributed by atoms with Crippen LogP contribution in [0, 0.1) is 5.92 Å². The molecule has 0 spiro atoms. The molecule has 0 saturated carbocycles. The van der Waals surface area contributed by atoms with E-state index in [1.807, 2.05) is 18.3 Å². The number of methoxy groups -OCH3 is 1. The predicted octanol–water partition coefficient (Wildman–Crippen LogP) is 5.54. The number of rotatable bonds is 9. The largest absolute Gasteiger partial charge is 0.496 e. The second-order valence-electron chi connectivity index (χ2n) is 11.0. The molecule has 1 saturated heterocycles. The van der Waals surface area contributed by atoms with Gasteiger partial charge in [-0.2, -0.15) is 0 Å². The van der Waals surface area contributed by atoms with E-state index in [4.69, 9.17) is 9.47 Å². The molecule has 2 atom stereocenters. The minimum absolute atomic E-state index is 0.138. The van der Waals surface area contributed by atoms with Gasteiger partial charge in [-0.25, -0.2) is 4.39 Å². The number of likely N-dealkylation sites (tertiary alicyclic amines) is 1. The molecule has 7 heteroatoms. The number of H-pyrrole nitrogens is 1. The van der Waals surface area contributed by atoms with Crippen LogP contribution in [0.3, 0.4) is 0 Å². The van der Waals surface area contributed by atoms with Gasteiger partial charge in [-0.1, -0.05) is 6.07 Å². The van der Waals surface area contributed by atoms with E-state index >= 15 is 4.39 Å². The van der Waals surface area contributed by atoms with E-state index in [0.717, 1.165) is 48.6 Å². The maximum Gasteiger partial charge on any atom is 0.127 e. The molecule has 5 rings (SSSR count). The maximum absolute atomic E-state index is 15.0. The highest BCUT2D eigenvalue weighted by molar-refractivity contribution is 5.85. The van der Waals surface area contributed by atoms with Gasteiger partial charge in [-0.15, -0.1) is 0 Å². The number of aromatic amines is 1. The van der Waals surface area contributed by atoms with Crippen LogP contribution in [0.5, 0.6) is 11.5 Å². The van der Waals surface area contributed by atoms with Gasteiger partial charge in [0, 0.05) is 66.9 Å². The normalized spacial score (nSPS) is 21.4. The molecule has 3 aromatic rings. The zero-order chi connectivity index (χ0) is 25.4. The molecule has 2 aliphatic heterocycles. The lowest BCUT2D eigenvalue weighted by Gasteiger charge is -2.44. The number of halogens is 2. The van der Waals surface area contributed by atoms with Crippen molar-refractivity contribution in [3.05, 3.63) is 59.3 Å². The number of hydrogen-bond donors (Lipinski definition) is 1. The molecule has 0 unspecified atom stereocenters. The van der Waals surface area contributed by atoms with E-state index < -0.39 is 5.67 Å². The summed E-state index contributed by atoms with van der Waals surface area (Å²) in [7, 11) is 1.67. The second-order valence-corrected chi connectivity index (χ2v) is 11.0. The average Bonchev–Trinajstić information content (AvgIpc) is 3.30. The van der Waals surface area contributed by atoms with Gasteiger partial charge in [0.05, 0.1) is 19.8 Å². The first-order valence-electron chi connectivity index (χ1n) is 12.9. The molecular formula is C29H37F2N3O2. The molecule has 5 nitrogen and oxygen atoms in total. The lowest BCUT2D eigenvalue weighted by molar-refractivity contribution is 0.0660. The number of hydrogen-bond acceptors (Lipinski definition) is 4. The molecule has 194 valence electrons. The van der Waals surface area contributed by atoms with E-state index in [2.05, 4.69) is 46.0 Å². The van der Waals surface area contributed by atoms with Gasteiger partial charge in [-0.05, 0) is 62.6 Å². The van der Waals surface area contributed by atoms with Gasteiger partial charge in [0.2, 0.25) is 0 Å². The van der Waals surface area contributed by atoms with Gasteiger partial charge >= 0.3 is 0 Å². The molecule has 36 heavy (non-hydrogen) atoms. The van der Waals surface area contributed by atoms with E-state index in [9.17, 15) is 4.39 Å². The van der Waals surface area contributed by atoms with Crippen LogP contribution in [0.15, 0.2) is 42.6 Å². The van der Waals surface area contributed by atoms with Crippen molar-refractivity contribution in [2.45, 2.75) is 44.9 Å². The SMILES string of the molecule is COc1cc(OCCN2CC(CF)C2)ccc1[C@@H]1c2ccc3[nH]ccc3c2C[C@@H](C)N1CC(C)(C)F. The number of fused-ring (bicyclic) bond motifs is 3. The summed E-state index contributed by atoms with van der Waals surface area (Å²) in [5, 5.41) is 1.23. The third-order valence-corrected chi connectivity index (χ3v) is 7.56. The molecule has 1 aromatic heterocycles. The van der Waals surface area contributed by atoms with Crippen LogP contribution in [-0.4, -0.2) is 73.1 Å². The van der Waals surface area contributed by atoms with Crippen LogP contribution < -0.4 is 9.47 Å². The van der Waals surface area contributed by atoms with E-state index in [0.29, 0.717) is 13.2 Å².